The summed E-state index contributed by atoms with van der Waals surface area (Å²) in [7, 11) is 1.63. The van der Waals surface area contributed by atoms with Gasteiger partial charge in [-0.15, -0.1) is 0 Å². The van der Waals surface area contributed by atoms with Crippen molar-refractivity contribution in [2.45, 2.75) is 39.3 Å². The molecule has 0 aliphatic rings. The molecule has 2 aromatic rings. The molecule has 1 N–H and O–H groups in total. The second-order valence-electron chi connectivity index (χ2n) is 5.83. The third-order valence-corrected chi connectivity index (χ3v) is 3.91. The van der Waals surface area contributed by atoms with E-state index in [4.69, 9.17) is 9.47 Å². The molecule has 128 valence electrons. The number of carbonyl (C=O) groups excluding carboxylic acids is 1. The van der Waals surface area contributed by atoms with Crippen molar-refractivity contribution in [2.24, 2.45) is 0 Å². The van der Waals surface area contributed by atoms with E-state index in [1.165, 1.54) is 0 Å². The zero-order valence-corrected chi connectivity index (χ0v) is 14.7. The highest BCUT2D eigenvalue weighted by atomic mass is 16.5. The van der Waals surface area contributed by atoms with Crippen molar-refractivity contribution >= 4 is 5.91 Å². The minimum Gasteiger partial charge on any atom is -0.497 e. The summed E-state index contributed by atoms with van der Waals surface area (Å²) in [5.74, 6) is 1.41. The quantitative estimate of drug-likeness (QED) is 0.835. The standard InChI is InChI=1S/C20H25NO3/c1-5-19(24-18-8-6-7-14(2)13-18)20(22)21-15(3)16-9-11-17(23-4)12-10-16/h6-13,15,19H,5H2,1-4H3,(H,21,22)/t15-,19-/m0/s1. The summed E-state index contributed by atoms with van der Waals surface area (Å²) in [5.41, 5.74) is 2.13. The molecule has 0 saturated carbocycles. The Morgan fingerprint density at radius 3 is 2.42 bits per heavy atom. The Morgan fingerprint density at radius 1 is 1.12 bits per heavy atom. The Balaban J connectivity index is 1.99. The van der Waals surface area contributed by atoms with Crippen LogP contribution in [0.25, 0.3) is 0 Å². The number of aryl methyl sites for hydroxylation is 1. The van der Waals surface area contributed by atoms with Gasteiger partial charge in [0.05, 0.1) is 13.2 Å². The van der Waals surface area contributed by atoms with Gasteiger partial charge in [-0.1, -0.05) is 31.2 Å². The summed E-state index contributed by atoms with van der Waals surface area (Å²) >= 11 is 0. The molecule has 0 fully saturated rings. The molecule has 0 bridgehead atoms. The summed E-state index contributed by atoms with van der Waals surface area (Å²) in [6.45, 7) is 5.90. The van der Waals surface area contributed by atoms with Crippen LogP contribution >= 0.6 is 0 Å². The molecule has 0 spiro atoms. The summed E-state index contributed by atoms with van der Waals surface area (Å²) < 4.78 is 11.0. The first kappa shape index (κ1) is 17.9. The van der Waals surface area contributed by atoms with Gasteiger partial charge in [0.25, 0.3) is 5.91 Å². The molecule has 0 aliphatic carbocycles. The van der Waals surface area contributed by atoms with Gasteiger partial charge in [0, 0.05) is 0 Å². The number of amides is 1. The third kappa shape index (κ3) is 4.75. The minimum absolute atomic E-state index is 0.0986. The smallest absolute Gasteiger partial charge is 0.261 e. The van der Waals surface area contributed by atoms with Crippen LogP contribution in [0, 0.1) is 6.92 Å². The molecule has 1 amide bonds. The van der Waals surface area contributed by atoms with Gasteiger partial charge >= 0.3 is 0 Å². The largest absolute Gasteiger partial charge is 0.497 e. The van der Waals surface area contributed by atoms with Crippen LogP contribution in [-0.2, 0) is 4.79 Å². The van der Waals surface area contributed by atoms with Crippen LogP contribution in [-0.4, -0.2) is 19.1 Å². The predicted octanol–water partition coefficient (Wildman–Crippen LogP) is 4.04. The number of carbonyl (C=O) groups is 1. The van der Waals surface area contributed by atoms with E-state index in [1.807, 2.05) is 69.3 Å². The lowest BCUT2D eigenvalue weighted by Gasteiger charge is -2.21. The van der Waals surface area contributed by atoms with E-state index < -0.39 is 6.10 Å². The number of rotatable bonds is 7. The molecule has 0 aromatic heterocycles. The van der Waals surface area contributed by atoms with Gasteiger partial charge in [0.2, 0.25) is 0 Å². The molecule has 2 atom stereocenters. The monoisotopic (exact) mass is 327 g/mol. The second kappa shape index (κ2) is 8.39. The number of hydrogen-bond acceptors (Lipinski definition) is 3. The number of methoxy groups -OCH3 is 1. The van der Waals surface area contributed by atoms with Crippen molar-refractivity contribution in [3.05, 3.63) is 59.7 Å². The van der Waals surface area contributed by atoms with Crippen molar-refractivity contribution in [2.75, 3.05) is 7.11 Å². The topological polar surface area (TPSA) is 47.6 Å². The van der Waals surface area contributed by atoms with Gasteiger partial charge in [-0.05, 0) is 55.7 Å². The van der Waals surface area contributed by atoms with Crippen LogP contribution in [0.15, 0.2) is 48.5 Å². The molecule has 0 unspecified atom stereocenters. The maximum absolute atomic E-state index is 12.5. The highest BCUT2D eigenvalue weighted by Crippen LogP contribution is 2.19. The van der Waals surface area contributed by atoms with E-state index in [2.05, 4.69) is 5.32 Å². The highest BCUT2D eigenvalue weighted by molar-refractivity contribution is 5.81. The average Bonchev–Trinajstić information content (AvgIpc) is 2.59. The predicted molar refractivity (Wildman–Crippen MR) is 95.4 cm³/mol. The summed E-state index contributed by atoms with van der Waals surface area (Å²) in [6.07, 6.45) is 0.0993. The fraction of sp³-hybridized carbons (Fsp3) is 0.350. The third-order valence-electron chi connectivity index (χ3n) is 3.91. The van der Waals surface area contributed by atoms with E-state index in [9.17, 15) is 4.79 Å². The maximum Gasteiger partial charge on any atom is 0.261 e. The minimum atomic E-state index is -0.507. The number of hydrogen-bond donors (Lipinski definition) is 1. The van der Waals surface area contributed by atoms with Crippen molar-refractivity contribution < 1.29 is 14.3 Å². The van der Waals surface area contributed by atoms with Crippen molar-refractivity contribution in [3.63, 3.8) is 0 Å². The van der Waals surface area contributed by atoms with Crippen molar-refractivity contribution in [1.82, 2.24) is 5.32 Å². The van der Waals surface area contributed by atoms with Crippen LogP contribution in [0.1, 0.15) is 37.4 Å². The van der Waals surface area contributed by atoms with E-state index >= 15 is 0 Å². The molecule has 0 aliphatic heterocycles. The van der Waals surface area contributed by atoms with Gasteiger partial charge in [0.1, 0.15) is 11.5 Å². The van der Waals surface area contributed by atoms with Crippen LogP contribution < -0.4 is 14.8 Å². The average molecular weight is 327 g/mol. The van der Waals surface area contributed by atoms with Gasteiger partial charge < -0.3 is 14.8 Å². The highest BCUT2D eigenvalue weighted by Gasteiger charge is 2.20. The van der Waals surface area contributed by atoms with Gasteiger partial charge in [0.15, 0.2) is 6.10 Å². The zero-order chi connectivity index (χ0) is 17.5. The van der Waals surface area contributed by atoms with Gasteiger partial charge in [-0.2, -0.15) is 0 Å². The van der Waals surface area contributed by atoms with E-state index in [0.29, 0.717) is 12.2 Å². The zero-order valence-electron chi connectivity index (χ0n) is 14.7. The van der Waals surface area contributed by atoms with Crippen LogP contribution in [0.2, 0.25) is 0 Å². The Bertz CT molecular complexity index is 667. The molecule has 2 rings (SSSR count). The molecular formula is C20H25NO3. The first-order valence-electron chi connectivity index (χ1n) is 8.21. The molecule has 0 saturated heterocycles. The van der Waals surface area contributed by atoms with Crippen LogP contribution in [0.4, 0.5) is 0 Å². The normalized spacial score (nSPS) is 13.0. The fourth-order valence-electron chi connectivity index (χ4n) is 2.46. The van der Waals surface area contributed by atoms with E-state index in [1.54, 1.807) is 7.11 Å². The molecule has 24 heavy (non-hydrogen) atoms. The Labute approximate surface area is 143 Å². The lowest BCUT2D eigenvalue weighted by Crippen LogP contribution is -2.39. The first-order valence-corrected chi connectivity index (χ1v) is 8.21. The number of nitrogens with one attached hydrogen (secondary N) is 1. The SMILES string of the molecule is CC[C@H](Oc1cccc(C)c1)C(=O)N[C@@H](C)c1ccc(OC)cc1. The number of benzene rings is 2. The first-order chi connectivity index (χ1) is 11.5. The Morgan fingerprint density at radius 2 is 1.83 bits per heavy atom. The Hall–Kier alpha value is -2.49. The maximum atomic E-state index is 12.5. The van der Waals surface area contributed by atoms with E-state index in [0.717, 1.165) is 16.9 Å². The van der Waals surface area contributed by atoms with Crippen molar-refractivity contribution in [3.8, 4) is 11.5 Å². The molecule has 4 nitrogen and oxygen atoms in total. The lowest BCUT2D eigenvalue weighted by atomic mass is 10.1. The van der Waals surface area contributed by atoms with Crippen molar-refractivity contribution in [1.29, 1.82) is 0 Å². The molecule has 2 aromatic carbocycles. The van der Waals surface area contributed by atoms with E-state index in [-0.39, 0.29) is 11.9 Å². The molecule has 0 heterocycles. The summed E-state index contributed by atoms with van der Waals surface area (Å²) in [4.78, 5) is 12.5. The second-order valence-corrected chi connectivity index (χ2v) is 5.83. The molecule has 4 heteroatoms. The van der Waals surface area contributed by atoms with Gasteiger partial charge in [-0.3, -0.25) is 4.79 Å². The number of ether oxygens (including phenoxy) is 2. The summed E-state index contributed by atoms with van der Waals surface area (Å²) in [5, 5.41) is 3.01. The van der Waals surface area contributed by atoms with Crippen LogP contribution in [0.3, 0.4) is 0 Å². The van der Waals surface area contributed by atoms with Crippen LogP contribution in [0.5, 0.6) is 11.5 Å². The Kier molecular flexibility index (Phi) is 6.24. The molecular weight excluding hydrogens is 302 g/mol. The lowest BCUT2D eigenvalue weighted by molar-refractivity contribution is -0.128. The fourth-order valence-corrected chi connectivity index (χ4v) is 2.46. The molecule has 0 radical (unpaired) electrons. The summed E-state index contributed by atoms with van der Waals surface area (Å²) in [6, 6.07) is 15.3. The van der Waals surface area contributed by atoms with Gasteiger partial charge in [-0.25, -0.2) is 0 Å².